The predicted molar refractivity (Wildman–Crippen MR) is 137 cm³/mol. The van der Waals surface area contributed by atoms with Crippen LogP contribution in [0.3, 0.4) is 0 Å². The number of aliphatic imine (C=N–C) groups is 1. The Morgan fingerprint density at radius 2 is 1.83 bits per heavy atom. The normalized spacial score (nSPS) is 14.6. The van der Waals surface area contributed by atoms with Crippen molar-refractivity contribution in [2.45, 2.75) is 32.4 Å². The summed E-state index contributed by atoms with van der Waals surface area (Å²) in [5.41, 5.74) is 2.38. The number of guanidine groups is 1. The second-order valence-electron chi connectivity index (χ2n) is 7.14. The lowest BCUT2D eigenvalue weighted by atomic mass is 10.0. The van der Waals surface area contributed by atoms with Crippen LogP contribution in [0.1, 0.15) is 25.3 Å². The maximum absolute atomic E-state index is 5.75. The molecule has 1 fully saturated rings. The van der Waals surface area contributed by atoms with Crippen molar-refractivity contribution in [2.24, 2.45) is 4.99 Å². The van der Waals surface area contributed by atoms with E-state index in [1.54, 1.807) is 6.08 Å². The molecule has 0 aliphatic carbocycles. The van der Waals surface area contributed by atoms with Crippen molar-refractivity contribution in [1.82, 2.24) is 10.6 Å². The molecule has 0 atom stereocenters. The number of nitrogens with one attached hydrogen (secondary N) is 2. The number of anilines is 1. The molecule has 0 bridgehead atoms. The molecule has 1 aliphatic heterocycles. The molecular weight excluding hydrogens is 487 g/mol. The van der Waals surface area contributed by atoms with Gasteiger partial charge >= 0.3 is 0 Å². The van der Waals surface area contributed by atoms with E-state index in [0.29, 0.717) is 19.2 Å². The molecule has 0 saturated carbocycles. The molecular formula is C24H33IN4O. The number of benzene rings is 2. The van der Waals surface area contributed by atoms with Crippen LogP contribution in [0, 0.1) is 0 Å². The zero-order chi connectivity index (χ0) is 20.3. The van der Waals surface area contributed by atoms with Crippen LogP contribution in [-0.4, -0.2) is 38.2 Å². The lowest BCUT2D eigenvalue weighted by Gasteiger charge is -2.34. The number of rotatable bonds is 8. The van der Waals surface area contributed by atoms with Gasteiger partial charge in [0, 0.05) is 36.9 Å². The van der Waals surface area contributed by atoms with E-state index in [9.17, 15) is 0 Å². The van der Waals surface area contributed by atoms with Gasteiger partial charge in [-0.3, -0.25) is 0 Å². The first-order valence-electron chi connectivity index (χ1n) is 10.5. The van der Waals surface area contributed by atoms with Crippen molar-refractivity contribution < 1.29 is 4.74 Å². The fourth-order valence-corrected chi connectivity index (χ4v) is 3.52. The molecule has 6 heteroatoms. The lowest BCUT2D eigenvalue weighted by molar-refractivity contribution is 0.359. The summed E-state index contributed by atoms with van der Waals surface area (Å²) in [6.45, 7) is 9.83. The molecule has 30 heavy (non-hydrogen) atoms. The molecule has 3 rings (SSSR count). The number of ether oxygens (including phenoxy) is 1. The lowest BCUT2D eigenvalue weighted by Crippen LogP contribution is -2.48. The molecule has 5 nitrogen and oxygen atoms in total. The number of para-hydroxylation sites is 2. The Labute approximate surface area is 197 Å². The van der Waals surface area contributed by atoms with E-state index in [1.165, 1.54) is 5.69 Å². The van der Waals surface area contributed by atoms with Gasteiger partial charge in [0.05, 0.1) is 6.54 Å². The molecule has 1 saturated heterocycles. The third-order valence-corrected chi connectivity index (χ3v) is 5.04. The van der Waals surface area contributed by atoms with Gasteiger partial charge in [-0.15, -0.1) is 24.0 Å². The predicted octanol–water partition coefficient (Wildman–Crippen LogP) is 4.59. The molecule has 0 unspecified atom stereocenters. The summed E-state index contributed by atoms with van der Waals surface area (Å²) in [5.74, 6) is 1.73. The number of halogens is 1. The van der Waals surface area contributed by atoms with Crippen LogP contribution in [0.15, 0.2) is 72.2 Å². The summed E-state index contributed by atoms with van der Waals surface area (Å²) in [6, 6.07) is 19.1. The Morgan fingerprint density at radius 3 is 2.53 bits per heavy atom. The van der Waals surface area contributed by atoms with Crippen LogP contribution in [0.4, 0.5) is 5.69 Å². The minimum Gasteiger partial charge on any atom is -0.489 e. The summed E-state index contributed by atoms with van der Waals surface area (Å²) in [5, 5.41) is 6.99. The standard InChI is InChI=1S/C24H32N4O.HI/c1-3-18-29-23-13-9-8-10-20(23)19-26-24(25-4-2)27-21-14-16-28(17-15-21)22-11-6-5-7-12-22;/h3,5-13,21H,1,4,14-19H2,2H3,(H2,25,26,27);1H. The fourth-order valence-electron chi connectivity index (χ4n) is 3.52. The fraction of sp³-hybridized carbons (Fsp3) is 0.375. The number of piperidine rings is 1. The van der Waals surface area contributed by atoms with Gasteiger partial charge in [0.2, 0.25) is 0 Å². The average molecular weight is 520 g/mol. The second kappa shape index (κ2) is 13.2. The van der Waals surface area contributed by atoms with Gasteiger partial charge in [-0.05, 0) is 38.0 Å². The van der Waals surface area contributed by atoms with Crippen molar-refractivity contribution in [3.05, 3.63) is 72.8 Å². The second-order valence-corrected chi connectivity index (χ2v) is 7.14. The number of hydrogen-bond donors (Lipinski definition) is 2. The molecule has 2 N–H and O–H groups in total. The van der Waals surface area contributed by atoms with Gasteiger partial charge in [-0.25, -0.2) is 4.99 Å². The number of nitrogens with zero attached hydrogens (tertiary/aromatic N) is 2. The SMILES string of the molecule is C=CCOc1ccccc1CN=C(NCC)NC1CCN(c2ccccc2)CC1.I. The van der Waals surface area contributed by atoms with Gasteiger partial charge in [0.25, 0.3) is 0 Å². The number of hydrogen-bond acceptors (Lipinski definition) is 3. The Balaban J connectivity index is 0.00000320. The first-order valence-corrected chi connectivity index (χ1v) is 10.5. The molecule has 0 radical (unpaired) electrons. The highest BCUT2D eigenvalue weighted by molar-refractivity contribution is 14.0. The smallest absolute Gasteiger partial charge is 0.191 e. The van der Waals surface area contributed by atoms with E-state index < -0.39 is 0 Å². The van der Waals surface area contributed by atoms with Crippen molar-refractivity contribution >= 4 is 35.6 Å². The van der Waals surface area contributed by atoms with E-state index >= 15 is 0 Å². The monoisotopic (exact) mass is 520 g/mol. The van der Waals surface area contributed by atoms with Crippen molar-refractivity contribution in [3.8, 4) is 5.75 Å². The highest BCUT2D eigenvalue weighted by Gasteiger charge is 2.20. The minimum atomic E-state index is 0. The van der Waals surface area contributed by atoms with E-state index in [0.717, 1.165) is 49.7 Å². The van der Waals surface area contributed by atoms with Crippen LogP contribution in [0.25, 0.3) is 0 Å². The van der Waals surface area contributed by atoms with Gasteiger partial charge in [-0.1, -0.05) is 49.1 Å². The van der Waals surface area contributed by atoms with Crippen molar-refractivity contribution in [2.75, 3.05) is 31.1 Å². The van der Waals surface area contributed by atoms with Gasteiger partial charge < -0.3 is 20.3 Å². The van der Waals surface area contributed by atoms with Crippen molar-refractivity contribution in [1.29, 1.82) is 0 Å². The van der Waals surface area contributed by atoms with Crippen LogP contribution < -0.4 is 20.3 Å². The van der Waals surface area contributed by atoms with Gasteiger partial charge in [0.15, 0.2) is 5.96 Å². The molecule has 2 aromatic carbocycles. The first-order chi connectivity index (χ1) is 14.3. The first kappa shape index (κ1) is 24.1. The van der Waals surface area contributed by atoms with Crippen LogP contribution >= 0.6 is 24.0 Å². The largest absolute Gasteiger partial charge is 0.489 e. The van der Waals surface area contributed by atoms with Gasteiger partial charge in [0.1, 0.15) is 12.4 Å². The topological polar surface area (TPSA) is 48.9 Å². The van der Waals surface area contributed by atoms with Crippen LogP contribution in [0.2, 0.25) is 0 Å². The maximum Gasteiger partial charge on any atom is 0.191 e. The molecule has 0 amide bonds. The third kappa shape index (κ3) is 7.23. The van der Waals surface area contributed by atoms with E-state index in [1.807, 2.05) is 18.2 Å². The Hall–Kier alpha value is -2.22. The van der Waals surface area contributed by atoms with Crippen LogP contribution in [0.5, 0.6) is 5.75 Å². The summed E-state index contributed by atoms with van der Waals surface area (Å²) < 4.78 is 5.75. The molecule has 162 valence electrons. The third-order valence-electron chi connectivity index (χ3n) is 5.04. The van der Waals surface area contributed by atoms with Crippen molar-refractivity contribution in [3.63, 3.8) is 0 Å². The highest BCUT2D eigenvalue weighted by Crippen LogP contribution is 2.20. The summed E-state index contributed by atoms with van der Waals surface area (Å²) >= 11 is 0. The Morgan fingerprint density at radius 1 is 1.13 bits per heavy atom. The van der Waals surface area contributed by atoms with Crippen LogP contribution in [-0.2, 0) is 6.54 Å². The maximum atomic E-state index is 5.75. The zero-order valence-electron chi connectivity index (χ0n) is 17.7. The van der Waals surface area contributed by atoms with E-state index in [-0.39, 0.29) is 24.0 Å². The summed E-state index contributed by atoms with van der Waals surface area (Å²) in [6.07, 6.45) is 3.95. The summed E-state index contributed by atoms with van der Waals surface area (Å²) in [4.78, 5) is 7.25. The van der Waals surface area contributed by atoms with E-state index in [2.05, 4.69) is 65.4 Å². The molecule has 0 aromatic heterocycles. The Kier molecular flexibility index (Phi) is 10.5. The minimum absolute atomic E-state index is 0. The quantitative estimate of drug-likeness (QED) is 0.231. The summed E-state index contributed by atoms with van der Waals surface area (Å²) in [7, 11) is 0. The Bertz CT molecular complexity index is 789. The highest BCUT2D eigenvalue weighted by atomic mass is 127. The zero-order valence-corrected chi connectivity index (χ0v) is 20.0. The molecule has 2 aromatic rings. The average Bonchev–Trinajstić information content (AvgIpc) is 2.78. The molecule has 1 heterocycles. The van der Waals surface area contributed by atoms with E-state index in [4.69, 9.17) is 9.73 Å². The molecule has 1 aliphatic rings. The van der Waals surface area contributed by atoms with Gasteiger partial charge in [-0.2, -0.15) is 0 Å². The molecule has 0 spiro atoms.